The summed E-state index contributed by atoms with van der Waals surface area (Å²) in [7, 11) is 1.60. The highest BCUT2D eigenvalue weighted by molar-refractivity contribution is 5.96. The molecular formula is C28H36N2O6. The monoisotopic (exact) mass is 496 g/mol. The number of amides is 1. The molecule has 0 radical (unpaired) electrons. The second-order valence-electron chi connectivity index (χ2n) is 9.33. The van der Waals surface area contributed by atoms with Crippen LogP contribution in [-0.2, 0) is 4.79 Å². The number of carbonyl (C=O) groups excluding carboxylic acids is 2. The van der Waals surface area contributed by atoms with Gasteiger partial charge in [0.2, 0.25) is 5.91 Å². The summed E-state index contributed by atoms with van der Waals surface area (Å²) < 4.78 is 16.6. The van der Waals surface area contributed by atoms with Crippen molar-refractivity contribution in [3.05, 3.63) is 47.5 Å². The Morgan fingerprint density at radius 2 is 1.75 bits per heavy atom. The molecule has 4 rings (SSSR count). The average Bonchev–Trinajstić information content (AvgIpc) is 2.90. The van der Waals surface area contributed by atoms with Crippen LogP contribution in [0.3, 0.4) is 0 Å². The van der Waals surface area contributed by atoms with Crippen molar-refractivity contribution in [2.24, 2.45) is 0 Å². The number of carbonyl (C=O) groups is 2. The number of ether oxygens (including phenoxy) is 3. The van der Waals surface area contributed by atoms with Crippen LogP contribution >= 0.6 is 0 Å². The van der Waals surface area contributed by atoms with Crippen molar-refractivity contribution in [1.82, 2.24) is 5.32 Å². The van der Waals surface area contributed by atoms with Crippen LogP contribution in [0.1, 0.15) is 67.5 Å². The van der Waals surface area contributed by atoms with E-state index in [2.05, 4.69) is 17.1 Å². The molecule has 0 spiro atoms. The van der Waals surface area contributed by atoms with Crippen LogP contribution in [0.4, 0.5) is 5.69 Å². The number of rotatable bonds is 11. The van der Waals surface area contributed by atoms with Crippen molar-refractivity contribution in [3.8, 4) is 17.2 Å². The van der Waals surface area contributed by atoms with Gasteiger partial charge in [-0.15, -0.1) is 0 Å². The topological polar surface area (TPSA) is 97.3 Å². The molecule has 2 atom stereocenters. The zero-order chi connectivity index (χ0) is 25.5. The number of ketones is 1. The first-order chi connectivity index (χ1) is 17.5. The fourth-order valence-electron chi connectivity index (χ4n) is 4.81. The Morgan fingerprint density at radius 3 is 2.44 bits per heavy atom. The number of fused-ring (bicyclic) bond motifs is 2. The predicted octanol–water partition coefficient (Wildman–Crippen LogP) is 4.05. The van der Waals surface area contributed by atoms with Gasteiger partial charge in [-0.25, -0.2) is 0 Å². The first-order valence-electron chi connectivity index (χ1n) is 12.8. The molecular weight excluding hydrogens is 460 g/mol. The van der Waals surface area contributed by atoms with E-state index < -0.39 is 12.1 Å². The Kier molecular flexibility index (Phi) is 8.70. The molecule has 0 fully saturated rings. The number of anilines is 1. The van der Waals surface area contributed by atoms with Crippen molar-refractivity contribution < 1.29 is 28.9 Å². The zero-order valence-corrected chi connectivity index (χ0v) is 21.1. The lowest BCUT2D eigenvalue weighted by Crippen LogP contribution is -2.51. The number of hydrogen-bond acceptors (Lipinski definition) is 7. The predicted molar refractivity (Wildman–Crippen MR) is 137 cm³/mol. The summed E-state index contributed by atoms with van der Waals surface area (Å²) in [5.41, 5.74) is 2.36. The molecule has 36 heavy (non-hydrogen) atoms. The van der Waals surface area contributed by atoms with Crippen molar-refractivity contribution in [2.75, 3.05) is 38.3 Å². The number of aliphatic hydroxyl groups excluding tert-OH is 1. The van der Waals surface area contributed by atoms with Crippen molar-refractivity contribution >= 4 is 17.4 Å². The Morgan fingerprint density at radius 1 is 1.06 bits per heavy atom. The van der Waals surface area contributed by atoms with E-state index in [0.717, 1.165) is 42.8 Å². The van der Waals surface area contributed by atoms with Gasteiger partial charge < -0.3 is 29.5 Å². The Bertz CT molecular complexity index is 1050. The molecule has 1 amide bonds. The van der Waals surface area contributed by atoms with Gasteiger partial charge in [-0.3, -0.25) is 9.59 Å². The van der Waals surface area contributed by atoms with Gasteiger partial charge in [0.05, 0.1) is 13.2 Å². The van der Waals surface area contributed by atoms with Crippen molar-refractivity contribution in [1.29, 1.82) is 0 Å². The standard InChI is InChI=1S/C28H36N2O6/c1-3-13-30-18-22(28(33)21-16-25-26(17-23(21)30)36-15-14-35-25)29-27(32)8-6-4-5-7-24(31)19-9-11-20(34-2)12-10-19/h9-12,16-17,22,28,33H,3-8,13-15,18H2,1-2H3,(H,29,32)/t22-,28-/m0/s1. The largest absolute Gasteiger partial charge is 0.497 e. The summed E-state index contributed by atoms with van der Waals surface area (Å²) in [6, 6.07) is 10.5. The van der Waals surface area contributed by atoms with E-state index in [-0.39, 0.29) is 11.7 Å². The molecule has 0 aliphatic carbocycles. The van der Waals surface area contributed by atoms with Crippen molar-refractivity contribution in [2.45, 2.75) is 57.6 Å². The number of Topliss-reactive ketones (excluding diaryl/α,β-unsaturated/α-hetero) is 1. The summed E-state index contributed by atoms with van der Waals surface area (Å²) in [6.07, 6.45) is 3.15. The molecule has 194 valence electrons. The maximum absolute atomic E-state index is 12.7. The molecule has 0 bridgehead atoms. The third kappa shape index (κ3) is 6.10. The van der Waals surface area contributed by atoms with Crippen LogP contribution in [0.15, 0.2) is 36.4 Å². The van der Waals surface area contributed by atoms with E-state index in [1.165, 1.54) is 0 Å². The summed E-state index contributed by atoms with van der Waals surface area (Å²) in [6.45, 7) is 4.44. The minimum atomic E-state index is -0.824. The molecule has 2 aromatic carbocycles. The average molecular weight is 497 g/mol. The molecule has 0 aromatic heterocycles. The Labute approximate surface area is 212 Å². The third-order valence-corrected chi connectivity index (χ3v) is 6.71. The lowest BCUT2D eigenvalue weighted by atomic mass is 9.93. The van der Waals surface area contributed by atoms with Gasteiger partial charge in [-0.1, -0.05) is 13.3 Å². The highest BCUT2D eigenvalue weighted by atomic mass is 16.6. The molecule has 2 aromatic rings. The number of hydrogen-bond donors (Lipinski definition) is 2. The maximum atomic E-state index is 12.7. The molecule has 2 aliphatic rings. The highest BCUT2D eigenvalue weighted by Gasteiger charge is 2.34. The quantitative estimate of drug-likeness (QED) is 0.358. The Balaban J connectivity index is 1.26. The van der Waals surface area contributed by atoms with Gasteiger partial charge in [-0.2, -0.15) is 0 Å². The summed E-state index contributed by atoms with van der Waals surface area (Å²) in [5, 5.41) is 14.1. The van der Waals surface area contributed by atoms with E-state index >= 15 is 0 Å². The van der Waals surface area contributed by atoms with E-state index in [0.29, 0.717) is 56.1 Å². The number of nitrogens with zero attached hydrogens (tertiary/aromatic N) is 1. The number of nitrogens with one attached hydrogen (secondary N) is 1. The number of unbranched alkanes of at least 4 members (excludes halogenated alkanes) is 2. The zero-order valence-electron chi connectivity index (χ0n) is 21.1. The van der Waals surface area contributed by atoms with E-state index in [9.17, 15) is 14.7 Å². The molecule has 2 heterocycles. The molecule has 0 saturated heterocycles. The lowest BCUT2D eigenvalue weighted by molar-refractivity contribution is -0.122. The molecule has 2 N–H and O–H groups in total. The Hall–Kier alpha value is -3.26. The van der Waals surface area contributed by atoms with Gasteiger partial charge in [-0.05, 0) is 49.6 Å². The second-order valence-corrected chi connectivity index (χ2v) is 9.33. The fraction of sp³-hybridized carbons (Fsp3) is 0.500. The van der Waals surface area contributed by atoms with Crippen LogP contribution in [0, 0.1) is 0 Å². The highest BCUT2D eigenvalue weighted by Crippen LogP contribution is 2.43. The molecule has 8 heteroatoms. The van der Waals surface area contributed by atoms with Crippen LogP contribution in [0.5, 0.6) is 17.2 Å². The van der Waals surface area contributed by atoms with Gasteiger partial charge >= 0.3 is 0 Å². The number of benzene rings is 2. The summed E-state index contributed by atoms with van der Waals surface area (Å²) in [4.78, 5) is 27.2. The minimum Gasteiger partial charge on any atom is -0.497 e. The van der Waals surface area contributed by atoms with E-state index in [4.69, 9.17) is 14.2 Å². The van der Waals surface area contributed by atoms with Gasteiger partial charge in [0.25, 0.3) is 0 Å². The number of methoxy groups -OCH3 is 1. The SMILES string of the molecule is CCCN1C[C@H](NC(=O)CCCCCC(=O)c2ccc(OC)cc2)[C@@H](O)c2cc3c(cc21)OCCO3. The van der Waals surface area contributed by atoms with Crippen LogP contribution in [0.25, 0.3) is 0 Å². The van der Waals surface area contributed by atoms with E-state index in [1.807, 2.05) is 12.1 Å². The first-order valence-corrected chi connectivity index (χ1v) is 12.8. The van der Waals surface area contributed by atoms with Gasteiger partial charge in [0.15, 0.2) is 17.3 Å². The van der Waals surface area contributed by atoms with Gasteiger partial charge in [0.1, 0.15) is 25.1 Å². The van der Waals surface area contributed by atoms with E-state index in [1.54, 1.807) is 31.4 Å². The molecule has 0 unspecified atom stereocenters. The smallest absolute Gasteiger partial charge is 0.220 e. The number of aliphatic hydroxyl groups is 1. The van der Waals surface area contributed by atoms with Crippen LogP contribution in [-0.4, -0.2) is 56.3 Å². The third-order valence-electron chi connectivity index (χ3n) is 6.71. The molecule has 0 saturated carbocycles. The van der Waals surface area contributed by atoms with Gasteiger partial charge in [0, 0.05) is 48.8 Å². The fourth-order valence-corrected chi connectivity index (χ4v) is 4.81. The first kappa shape index (κ1) is 25.8. The summed E-state index contributed by atoms with van der Waals surface area (Å²) in [5.74, 6) is 2.06. The summed E-state index contributed by atoms with van der Waals surface area (Å²) >= 11 is 0. The minimum absolute atomic E-state index is 0.0852. The van der Waals surface area contributed by atoms with Crippen molar-refractivity contribution in [3.63, 3.8) is 0 Å². The molecule has 2 aliphatic heterocycles. The maximum Gasteiger partial charge on any atom is 0.220 e. The van der Waals surface area contributed by atoms with Crippen LogP contribution in [0.2, 0.25) is 0 Å². The lowest BCUT2D eigenvalue weighted by Gasteiger charge is -2.40. The van der Waals surface area contributed by atoms with Crippen LogP contribution < -0.4 is 24.4 Å². The normalized spacial score (nSPS) is 18.4. The molecule has 8 nitrogen and oxygen atoms in total. The second kappa shape index (κ2) is 12.1.